The molecule has 0 rings (SSSR count). The minimum absolute atomic E-state index is 0.0639. The summed E-state index contributed by atoms with van der Waals surface area (Å²) >= 11 is 5.70. The van der Waals surface area contributed by atoms with Crippen molar-refractivity contribution in [2.45, 2.75) is 18.7 Å². The minimum Gasteiger partial charge on any atom is -0.382 e. The fraction of sp³-hybridized carbons (Fsp3) is 0.833. The Labute approximate surface area is 60.1 Å². The number of hydrogen-bond acceptors (Lipinski definition) is 2. The average Bonchev–Trinajstić information content (AvgIpc) is 1.65. The lowest BCUT2D eigenvalue weighted by Crippen LogP contribution is -2.31. The molecule has 0 heterocycles. The van der Waals surface area contributed by atoms with Crippen molar-refractivity contribution in [1.82, 2.24) is 0 Å². The van der Waals surface area contributed by atoms with Crippen LogP contribution in [0.2, 0.25) is 0 Å². The molecule has 0 aromatic heterocycles. The first-order valence-electron chi connectivity index (χ1n) is 2.69. The van der Waals surface area contributed by atoms with Crippen molar-refractivity contribution in [3.8, 4) is 0 Å². The van der Waals surface area contributed by atoms with E-state index < -0.39 is 4.87 Å². The number of halogens is 1. The molecule has 0 amide bonds. The van der Waals surface area contributed by atoms with E-state index in [0.29, 0.717) is 0 Å². The number of carbonyl (C=O) groups is 1. The second-order valence-corrected chi connectivity index (χ2v) is 3.02. The Morgan fingerprint density at radius 2 is 2.22 bits per heavy atom. The molecule has 0 N–H and O–H groups in total. The highest BCUT2D eigenvalue weighted by atomic mass is 35.5. The summed E-state index contributed by atoms with van der Waals surface area (Å²) in [5.41, 5.74) is 0. The topological polar surface area (TPSA) is 26.3 Å². The maximum absolute atomic E-state index is 10.6. The van der Waals surface area contributed by atoms with Crippen LogP contribution in [0.5, 0.6) is 0 Å². The molecular weight excluding hydrogens is 140 g/mol. The Morgan fingerprint density at radius 3 is 2.33 bits per heavy atom. The molecule has 0 aliphatic rings. The number of Topliss-reactive ketones (excluding diaryl/α,β-unsaturated/α-hetero) is 1. The minimum atomic E-state index is -0.839. The van der Waals surface area contributed by atoms with E-state index >= 15 is 0 Å². The number of hydrogen-bond donors (Lipinski definition) is 0. The summed E-state index contributed by atoms with van der Waals surface area (Å²) < 4.78 is 4.72. The van der Waals surface area contributed by atoms with Crippen LogP contribution in [-0.4, -0.2) is 24.4 Å². The van der Waals surface area contributed by atoms with Crippen LogP contribution in [0, 0.1) is 0 Å². The Kier molecular flexibility index (Phi) is 3.15. The maximum Gasteiger partial charge on any atom is 0.152 e. The fourth-order valence-corrected chi connectivity index (χ4v) is 0.482. The molecule has 54 valence electrons. The van der Waals surface area contributed by atoms with Crippen molar-refractivity contribution in [3.63, 3.8) is 0 Å². The molecule has 1 atom stereocenters. The van der Waals surface area contributed by atoms with Gasteiger partial charge in [-0.1, -0.05) is 0 Å². The average molecular weight is 151 g/mol. The molecule has 0 saturated carbocycles. The van der Waals surface area contributed by atoms with E-state index in [1.807, 2.05) is 0 Å². The first-order valence-corrected chi connectivity index (χ1v) is 3.07. The van der Waals surface area contributed by atoms with Gasteiger partial charge in [-0.25, -0.2) is 0 Å². The largest absolute Gasteiger partial charge is 0.382 e. The normalized spacial score (nSPS) is 16.9. The second-order valence-electron chi connectivity index (χ2n) is 2.19. The molecule has 2 nitrogen and oxygen atoms in total. The van der Waals surface area contributed by atoms with Crippen LogP contribution in [0.15, 0.2) is 0 Å². The number of carbonyl (C=O) groups excluding carboxylic acids is 1. The van der Waals surface area contributed by atoms with Crippen LogP contribution in [0.3, 0.4) is 0 Å². The molecule has 9 heavy (non-hydrogen) atoms. The van der Waals surface area contributed by atoms with Crippen molar-refractivity contribution < 1.29 is 9.53 Å². The van der Waals surface area contributed by atoms with Gasteiger partial charge in [-0.2, -0.15) is 0 Å². The van der Waals surface area contributed by atoms with E-state index in [9.17, 15) is 4.79 Å². The zero-order valence-electron chi connectivity index (χ0n) is 5.90. The molecule has 1 unspecified atom stereocenters. The fourth-order valence-electron chi connectivity index (χ4n) is 0.373. The van der Waals surface area contributed by atoms with E-state index in [2.05, 4.69) is 0 Å². The predicted octanol–water partition coefficient (Wildman–Crippen LogP) is 1.22. The van der Waals surface area contributed by atoms with Crippen molar-refractivity contribution in [3.05, 3.63) is 0 Å². The SMILES string of the molecule is COCC(C)(Cl)C(C)=O. The third kappa shape index (κ3) is 2.82. The third-order valence-corrected chi connectivity index (χ3v) is 1.52. The van der Waals surface area contributed by atoms with Crippen molar-refractivity contribution in [1.29, 1.82) is 0 Å². The number of alkyl halides is 1. The molecule has 0 radical (unpaired) electrons. The lowest BCUT2D eigenvalue weighted by atomic mass is 10.1. The zero-order valence-corrected chi connectivity index (χ0v) is 6.66. The molecular formula is C6H11ClO2. The highest BCUT2D eigenvalue weighted by molar-refractivity contribution is 6.34. The van der Waals surface area contributed by atoms with Gasteiger partial charge in [0.25, 0.3) is 0 Å². The van der Waals surface area contributed by atoms with Crippen LogP contribution in [0.25, 0.3) is 0 Å². The van der Waals surface area contributed by atoms with E-state index in [1.54, 1.807) is 6.92 Å². The standard InChI is InChI=1S/C6H11ClO2/c1-5(8)6(2,7)4-9-3/h4H2,1-3H3. The number of rotatable bonds is 3. The van der Waals surface area contributed by atoms with E-state index in [-0.39, 0.29) is 12.4 Å². The van der Waals surface area contributed by atoms with Gasteiger partial charge in [-0.05, 0) is 13.8 Å². The molecule has 0 aromatic rings. The van der Waals surface area contributed by atoms with Gasteiger partial charge >= 0.3 is 0 Å². The summed E-state index contributed by atoms with van der Waals surface area (Å²) in [6.07, 6.45) is 0. The van der Waals surface area contributed by atoms with Crippen molar-refractivity contribution >= 4 is 17.4 Å². The molecule has 0 aliphatic heterocycles. The molecule has 0 aromatic carbocycles. The second kappa shape index (κ2) is 3.18. The van der Waals surface area contributed by atoms with Crippen LogP contribution < -0.4 is 0 Å². The first-order chi connectivity index (χ1) is 4.00. The summed E-state index contributed by atoms with van der Waals surface area (Å²) in [5.74, 6) is -0.0639. The molecule has 0 bridgehead atoms. The van der Waals surface area contributed by atoms with Gasteiger partial charge in [0.1, 0.15) is 4.87 Å². The van der Waals surface area contributed by atoms with Crippen molar-refractivity contribution in [2.24, 2.45) is 0 Å². The summed E-state index contributed by atoms with van der Waals surface area (Å²) in [5, 5.41) is 0. The quantitative estimate of drug-likeness (QED) is 0.566. The van der Waals surface area contributed by atoms with E-state index in [4.69, 9.17) is 16.3 Å². The molecule has 0 saturated heterocycles. The highest BCUT2D eigenvalue weighted by Crippen LogP contribution is 2.14. The van der Waals surface area contributed by atoms with Gasteiger partial charge in [-0.15, -0.1) is 11.6 Å². The Bertz CT molecular complexity index is 110. The zero-order chi connectivity index (χ0) is 7.49. The number of ether oxygens (including phenoxy) is 1. The summed E-state index contributed by atoms with van der Waals surface area (Å²) in [6, 6.07) is 0. The van der Waals surface area contributed by atoms with Crippen molar-refractivity contribution in [2.75, 3.05) is 13.7 Å². The van der Waals surface area contributed by atoms with Gasteiger partial charge in [0.15, 0.2) is 5.78 Å². The number of ketones is 1. The van der Waals surface area contributed by atoms with Crippen LogP contribution in [0.4, 0.5) is 0 Å². The third-order valence-electron chi connectivity index (χ3n) is 1.15. The Hall–Kier alpha value is -0.0800. The van der Waals surface area contributed by atoms with Crippen LogP contribution >= 0.6 is 11.6 Å². The predicted molar refractivity (Wildman–Crippen MR) is 36.8 cm³/mol. The molecule has 0 aliphatic carbocycles. The lowest BCUT2D eigenvalue weighted by Gasteiger charge is -2.15. The summed E-state index contributed by atoms with van der Waals surface area (Å²) in [4.78, 5) is 9.80. The van der Waals surface area contributed by atoms with Gasteiger partial charge in [0.05, 0.1) is 6.61 Å². The number of methoxy groups -OCH3 is 1. The smallest absolute Gasteiger partial charge is 0.152 e. The van der Waals surface area contributed by atoms with Gasteiger partial charge in [0.2, 0.25) is 0 Å². The first kappa shape index (κ1) is 8.92. The Morgan fingerprint density at radius 1 is 1.78 bits per heavy atom. The van der Waals surface area contributed by atoms with Crippen LogP contribution in [-0.2, 0) is 9.53 Å². The molecule has 0 fully saturated rings. The monoisotopic (exact) mass is 150 g/mol. The molecule has 3 heteroatoms. The van der Waals surface area contributed by atoms with Gasteiger partial charge < -0.3 is 4.74 Å². The molecule has 0 spiro atoms. The van der Waals surface area contributed by atoms with Gasteiger partial charge in [-0.3, -0.25) is 4.79 Å². The van der Waals surface area contributed by atoms with E-state index in [0.717, 1.165) is 0 Å². The summed E-state index contributed by atoms with van der Waals surface area (Å²) in [6.45, 7) is 3.36. The van der Waals surface area contributed by atoms with E-state index in [1.165, 1.54) is 14.0 Å². The summed E-state index contributed by atoms with van der Waals surface area (Å²) in [7, 11) is 1.52. The van der Waals surface area contributed by atoms with Gasteiger partial charge in [0, 0.05) is 7.11 Å². The lowest BCUT2D eigenvalue weighted by molar-refractivity contribution is -0.120. The van der Waals surface area contributed by atoms with Crippen LogP contribution in [0.1, 0.15) is 13.8 Å². The highest BCUT2D eigenvalue weighted by Gasteiger charge is 2.25. The maximum atomic E-state index is 10.6. The Balaban J connectivity index is 3.85.